The van der Waals surface area contributed by atoms with Crippen LogP contribution in [0.1, 0.15) is 25.5 Å². The molecular formula is C18H20FN3O5S. The van der Waals surface area contributed by atoms with Gasteiger partial charge in [-0.05, 0) is 37.6 Å². The summed E-state index contributed by atoms with van der Waals surface area (Å²) in [7, 11) is -3.91. The topological polar surface area (TPSA) is 110 Å². The van der Waals surface area contributed by atoms with E-state index in [2.05, 4.69) is 5.32 Å². The van der Waals surface area contributed by atoms with Crippen molar-refractivity contribution in [1.82, 2.24) is 5.32 Å². The molecule has 0 aromatic heterocycles. The van der Waals surface area contributed by atoms with Gasteiger partial charge in [0.05, 0.1) is 22.9 Å². The summed E-state index contributed by atoms with van der Waals surface area (Å²) < 4.78 is 38.4. The molecule has 1 N–H and O–H groups in total. The predicted molar refractivity (Wildman–Crippen MR) is 103 cm³/mol. The van der Waals surface area contributed by atoms with E-state index in [1.54, 1.807) is 6.92 Å². The summed E-state index contributed by atoms with van der Waals surface area (Å²) in [5, 5.41) is 13.7. The Balaban J connectivity index is 2.29. The minimum absolute atomic E-state index is 0.00813. The van der Waals surface area contributed by atoms with Crippen LogP contribution in [0, 0.1) is 15.9 Å². The third-order valence-corrected chi connectivity index (χ3v) is 5.35. The SMILES string of the molecule is CC(NC(=O)C(C)N(c1cccc([N+](=O)[O-])c1)S(C)(=O)=O)c1ccc(F)cc1. The minimum atomic E-state index is -3.91. The summed E-state index contributed by atoms with van der Waals surface area (Å²) in [6.07, 6.45) is 0.916. The standard InChI is InChI=1S/C18H20FN3O5S/c1-12(14-7-9-15(19)10-8-14)20-18(23)13(2)21(28(3,26)27)16-5-4-6-17(11-16)22(24)25/h4-13H,1-3H3,(H,20,23). The van der Waals surface area contributed by atoms with Crippen molar-refractivity contribution in [2.75, 3.05) is 10.6 Å². The van der Waals surface area contributed by atoms with Crippen LogP contribution in [0.25, 0.3) is 0 Å². The Morgan fingerprint density at radius 1 is 1.18 bits per heavy atom. The quantitative estimate of drug-likeness (QED) is 0.559. The molecule has 0 fully saturated rings. The van der Waals surface area contributed by atoms with Crippen LogP contribution < -0.4 is 9.62 Å². The molecule has 0 heterocycles. The fourth-order valence-electron chi connectivity index (χ4n) is 2.72. The molecule has 8 nitrogen and oxygen atoms in total. The Morgan fingerprint density at radius 3 is 2.32 bits per heavy atom. The minimum Gasteiger partial charge on any atom is -0.348 e. The van der Waals surface area contributed by atoms with E-state index < -0.39 is 38.8 Å². The number of non-ortho nitro benzene ring substituents is 1. The van der Waals surface area contributed by atoms with Gasteiger partial charge in [-0.3, -0.25) is 19.2 Å². The molecule has 2 rings (SSSR count). The molecule has 0 radical (unpaired) electrons. The van der Waals surface area contributed by atoms with Gasteiger partial charge in [-0.2, -0.15) is 0 Å². The summed E-state index contributed by atoms with van der Waals surface area (Å²) in [6.45, 7) is 3.06. The molecule has 0 aliphatic rings. The first-order valence-electron chi connectivity index (χ1n) is 8.30. The molecule has 2 aromatic carbocycles. The maximum atomic E-state index is 13.0. The normalized spacial score (nSPS) is 13.4. The van der Waals surface area contributed by atoms with Crippen molar-refractivity contribution < 1.29 is 22.5 Å². The van der Waals surface area contributed by atoms with Gasteiger partial charge in [0.1, 0.15) is 11.9 Å². The number of halogens is 1. The number of rotatable bonds is 7. The number of benzene rings is 2. The van der Waals surface area contributed by atoms with E-state index in [1.165, 1.54) is 49.4 Å². The average Bonchev–Trinajstić information content (AvgIpc) is 2.61. The van der Waals surface area contributed by atoms with E-state index in [0.717, 1.165) is 16.6 Å². The second-order valence-corrected chi connectivity index (χ2v) is 8.15. The molecule has 2 aromatic rings. The summed E-state index contributed by atoms with van der Waals surface area (Å²) in [4.78, 5) is 23.0. The van der Waals surface area contributed by atoms with Gasteiger partial charge in [-0.25, -0.2) is 12.8 Å². The van der Waals surface area contributed by atoms with Crippen LogP contribution in [0.4, 0.5) is 15.8 Å². The number of nitro groups is 1. The number of nitrogens with zero attached hydrogens (tertiary/aromatic N) is 2. The second kappa shape index (κ2) is 8.34. The van der Waals surface area contributed by atoms with Crippen LogP contribution in [-0.2, 0) is 14.8 Å². The highest BCUT2D eigenvalue weighted by molar-refractivity contribution is 7.92. The van der Waals surface area contributed by atoms with Crippen LogP contribution in [0.15, 0.2) is 48.5 Å². The Kier molecular flexibility index (Phi) is 6.34. The molecule has 0 spiro atoms. The number of hydrogen-bond acceptors (Lipinski definition) is 5. The van der Waals surface area contributed by atoms with Crippen LogP contribution >= 0.6 is 0 Å². The number of sulfonamides is 1. The van der Waals surface area contributed by atoms with Gasteiger partial charge in [-0.15, -0.1) is 0 Å². The number of nitrogens with one attached hydrogen (secondary N) is 1. The lowest BCUT2D eigenvalue weighted by Gasteiger charge is -2.29. The monoisotopic (exact) mass is 409 g/mol. The zero-order valence-corrected chi connectivity index (χ0v) is 16.3. The summed E-state index contributed by atoms with van der Waals surface area (Å²) in [5.41, 5.74) is 0.357. The molecule has 1 amide bonds. The Bertz CT molecular complexity index is 979. The first-order chi connectivity index (χ1) is 13.0. The fraction of sp³-hybridized carbons (Fsp3) is 0.278. The fourth-order valence-corrected chi connectivity index (χ4v) is 3.89. The number of anilines is 1. The van der Waals surface area contributed by atoms with E-state index in [1.807, 2.05) is 0 Å². The molecule has 0 saturated carbocycles. The molecule has 2 atom stereocenters. The Labute approximate surface area is 162 Å². The molecule has 0 saturated heterocycles. The molecule has 2 unspecified atom stereocenters. The van der Waals surface area contributed by atoms with Crippen molar-refractivity contribution >= 4 is 27.3 Å². The van der Waals surface area contributed by atoms with Gasteiger partial charge in [-0.1, -0.05) is 18.2 Å². The zero-order valence-electron chi connectivity index (χ0n) is 15.5. The molecule has 0 aliphatic carbocycles. The Hall–Kier alpha value is -3.01. The number of hydrogen-bond donors (Lipinski definition) is 1. The van der Waals surface area contributed by atoms with E-state index in [4.69, 9.17) is 0 Å². The van der Waals surface area contributed by atoms with E-state index in [0.29, 0.717) is 5.56 Å². The molecular weight excluding hydrogens is 389 g/mol. The van der Waals surface area contributed by atoms with Gasteiger partial charge in [0.2, 0.25) is 15.9 Å². The van der Waals surface area contributed by atoms with Crippen molar-refractivity contribution in [3.8, 4) is 0 Å². The molecule has 10 heteroatoms. The van der Waals surface area contributed by atoms with Crippen molar-refractivity contribution in [3.63, 3.8) is 0 Å². The van der Waals surface area contributed by atoms with Crippen molar-refractivity contribution in [3.05, 3.63) is 70.0 Å². The maximum Gasteiger partial charge on any atom is 0.271 e. The van der Waals surface area contributed by atoms with Crippen LogP contribution in [0.3, 0.4) is 0 Å². The summed E-state index contributed by atoms with van der Waals surface area (Å²) in [5.74, 6) is -1.02. The second-order valence-electron chi connectivity index (χ2n) is 6.29. The van der Waals surface area contributed by atoms with Crippen molar-refractivity contribution in [2.45, 2.75) is 25.9 Å². The van der Waals surface area contributed by atoms with E-state index in [9.17, 15) is 27.7 Å². The summed E-state index contributed by atoms with van der Waals surface area (Å²) >= 11 is 0. The first-order valence-corrected chi connectivity index (χ1v) is 10.1. The zero-order chi connectivity index (χ0) is 21.1. The average molecular weight is 409 g/mol. The van der Waals surface area contributed by atoms with Crippen LogP contribution in [0.5, 0.6) is 0 Å². The van der Waals surface area contributed by atoms with Crippen molar-refractivity contribution in [1.29, 1.82) is 0 Å². The van der Waals surface area contributed by atoms with Gasteiger partial charge in [0, 0.05) is 12.1 Å². The maximum absolute atomic E-state index is 13.0. The van der Waals surface area contributed by atoms with E-state index >= 15 is 0 Å². The number of carbonyl (C=O) groups is 1. The molecule has 150 valence electrons. The highest BCUT2D eigenvalue weighted by Crippen LogP contribution is 2.25. The third kappa shape index (κ3) is 5.03. The molecule has 0 aliphatic heterocycles. The van der Waals surface area contributed by atoms with Crippen molar-refractivity contribution in [2.24, 2.45) is 0 Å². The highest BCUT2D eigenvalue weighted by Gasteiger charge is 2.30. The lowest BCUT2D eigenvalue weighted by Crippen LogP contribution is -2.48. The first kappa shape index (κ1) is 21.3. The molecule has 28 heavy (non-hydrogen) atoms. The number of nitro benzene ring substituents is 1. The number of amides is 1. The van der Waals surface area contributed by atoms with Gasteiger partial charge in [0.15, 0.2) is 0 Å². The van der Waals surface area contributed by atoms with E-state index in [-0.39, 0.29) is 11.4 Å². The predicted octanol–water partition coefficient (Wildman–Crippen LogP) is 2.77. The molecule has 0 bridgehead atoms. The third-order valence-electron chi connectivity index (χ3n) is 4.11. The smallest absolute Gasteiger partial charge is 0.271 e. The Morgan fingerprint density at radius 2 is 1.79 bits per heavy atom. The lowest BCUT2D eigenvalue weighted by molar-refractivity contribution is -0.384. The largest absolute Gasteiger partial charge is 0.348 e. The number of carbonyl (C=O) groups excluding carboxylic acids is 1. The summed E-state index contributed by atoms with van der Waals surface area (Å²) in [6, 6.07) is 8.92. The van der Waals surface area contributed by atoms with Crippen LogP contribution in [-0.4, -0.2) is 31.5 Å². The van der Waals surface area contributed by atoms with Gasteiger partial charge in [0.25, 0.3) is 5.69 Å². The highest BCUT2D eigenvalue weighted by atomic mass is 32.2. The van der Waals surface area contributed by atoms with Gasteiger partial charge < -0.3 is 5.32 Å². The van der Waals surface area contributed by atoms with Gasteiger partial charge >= 0.3 is 0 Å². The van der Waals surface area contributed by atoms with Crippen LogP contribution in [0.2, 0.25) is 0 Å². The lowest BCUT2D eigenvalue weighted by atomic mass is 10.1.